The molecule has 4 atom stereocenters. The standard InChI is InChI=1S/C62H61N7O11/c1-36-22-47-49(63-32-44-27-41-12-5-8-16-51(41)68(44)61(47)76)30-54(36)79-34-39-24-40(35-80-56-31-50-48(29-55(56)78-4)62(77)69-45(33-64-50)28-42-13-6-9-17-52(42)69)26-43(25-39)66-60(75)37(2)23-53(71)38(3)65-57(72)18-10-7-14-46(70)15-11-21-67-58(73)19-20-59(67)74/h5-6,8-9,12-13,16-17,19-20,22,24-26,29-33,37-38,44-45H,7,10-11,14-15,18,21,23,27-28,34-35H2,1-4H3,(H,65,72)(H,66,75)/t37?,38?,44-,45-/m0/s1. The molecule has 5 aliphatic rings. The second-order valence-electron chi connectivity index (χ2n) is 20.8. The molecule has 2 N–H and O–H groups in total. The lowest BCUT2D eigenvalue weighted by Gasteiger charge is -2.22. The summed E-state index contributed by atoms with van der Waals surface area (Å²) >= 11 is 0. The fourth-order valence-corrected chi connectivity index (χ4v) is 10.8. The molecule has 2 unspecified atom stereocenters. The van der Waals surface area contributed by atoms with Gasteiger partial charge in [-0.1, -0.05) is 43.3 Å². The molecule has 10 rings (SSSR count). The molecule has 5 heterocycles. The summed E-state index contributed by atoms with van der Waals surface area (Å²) in [5.74, 6) is -1.88. The Bertz CT molecular complexity index is 3440. The Kier molecular flexibility index (Phi) is 15.9. The number of fused-ring (bicyclic) bond motifs is 8. The fraction of sp³-hybridized carbons (Fsp3) is 0.323. The van der Waals surface area contributed by atoms with E-state index in [1.807, 2.05) is 67.7 Å². The smallest absolute Gasteiger partial charge is 0.261 e. The van der Waals surface area contributed by atoms with Crippen molar-refractivity contribution in [3.05, 3.63) is 142 Å². The van der Waals surface area contributed by atoms with Gasteiger partial charge in [0.1, 0.15) is 24.7 Å². The molecule has 18 heteroatoms. The van der Waals surface area contributed by atoms with Crippen molar-refractivity contribution >= 4 is 87.9 Å². The van der Waals surface area contributed by atoms with Crippen molar-refractivity contribution in [2.75, 3.05) is 28.8 Å². The Morgan fingerprint density at radius 3 is 1.82 bits per heavy atom. The van der Waals surface area contributed by atoms with Crippen LogP contribution in [0.25, 0.3) is 0 Å². The largest absolute Gasteiger partial charge is 0.493 e. The molecule has 0 radical (unpaired) electrons. The number of unbranched alkanes of at least 4 members (excludes halogenated alkanes) is 1. The first kappa shape index (κ1) is 54.3. The van der Waals surface area contributed by atoms with E-state index in [9.17, 15) is 38.4 Å². The molecule has 0 saturated carbocycles. The van der Waals surface area contributed by atoms with Gasteiger partial charge in [0.15, 0.2) is 17.3 Å². The highest BCUT2D eigenvalue weighted by Gasteiger charge is 2.38. The number of ketones is 2. The van der Waals surface area contributed by atoms with Crippen LogP contribution in [0.1, 0.15) is 107 Å². The zero-order chi connectivity index (χ0) is 56.2. The molecule has 5 aliphatic heterocycles. The third-order valence-corrected chi connectivity index (χ3v) is 15.0. The SMILES string of the molecule is COc1cc2c(cc1OCc1cc(COc3cc4c(cc3C)C(=O)N3c5ccccc5C[C@H]3C=N4)cc(NC(=O)C(C)CC(=O)C(C)NC(=O)CCCCC(=O)CCCN3C(=O)C=CC3=O)c1)N=C[C@@H]1Cc3ccccc3N1C2=O. The minimum absolute atomic E-state index is 0.00794. The lowest BCUT2D eigenvalue weighted by molar-refractivity contribution is -0.137. The number of methoxy groups -OCH3 is 1. The summed E-state index contributed by atoms with van der Waals surface area (Å²) in [5.41, 5.74) is 8.07. The van der Waals surface area contributed by atoms with E-state index in [4.69, 9.17) is 24.2 Å². The molecule has 0 aliphatic carbocycles. The van der Waals surface area contributed by atoms with Crippen molar-refractivity contribution in [1.82, 2.24) is 10.2 Å². The molecule has 0 bridgehead atoms. The Labute approximate surface area is 462 Å². The molecule has 6 amide bonds. The molecule has 5 aromatic rings. The number of aliphatic imine (C=N–C) groups is 2. The predicted octanol–water partition coefficient (Wildman–Crippen LogP) is 8.61. The number of aryl methyl sites for hydroxylation is 1. The highest BCUT2D eigenvalue weighted by atomic mass is 16.5. The number of hydrogen-bond acceptors (Lipinski definition) is 13. The second kappa shape index (κ2) is 23.5. The maximum Gasteiger partial charge on any atom is 0.261 e. The number of para-hydroxylation sites is 2. The minimum Gasteiger partial charge on any atom is -0.493 e. The number of carbonyl (C=O) groups is 8. The summed E-state index contributed by atoms with van der Waals surface area (Å²) < 4.78 is 18.7. The van der Waals surface area contributed by atoms with Crippen molar-refractivity contribution < 1.29 is 52.6 Å². The molecule has 80 heavy (non-hydrogen) atoms. The lowest BCUT2D eigenvalue weighted by Crippen LogP contribution is -2.39. The maximum absolute atomic E-state index is 14.1. The monoisotopic (exact) mass is 1080 g/mol. The van der Waals surface area contributed by atoms with Crippen LogP contribution in [0.3, 0.4) is 0 Å². The Hall–Kier alpha value is -9.06. The van der Waals surface area contributed by atoms with Gasteiger partial charge in [0, 0.05) is 105 Å². The van der Waals surface area contributed by atoms with Crippen molar-refractivity contribution in [1.29, 1.82) is 0 Å². The van der Waals surface area contributed by atoms with Gasteiger partial charge in [0.25, 0.3) is 23.6 Å². The van der Waals surface area contributed by atoms with Gasteiger partial charge in [0.2, 0.25) is 11.8 Å². The number of benzene rings is 5. The van der Waals surface area contributed by atoms with E-state index in [1.54, 1.807) is 66.3 Å². The first-order chi connectivity index (χ1) is 38.6. The van der Waals surface area contributed by atoms with Crippen LogP contribution in [-0.4, -0.2) is 96.1 Å². The number of anilines is 3. The van der Waals surface area contributed by atoms with Crippen LogP contribution in [0.4, 0.5) is 28.4 Å². The van der Waals surface area contributed by atoms with Crippen molar-refractivity contribution in [3.8, 4) is 17.2 Å². The van der Waals surface area contributed by atoms with Crippen LogP contribution < -0.4 is 34.6 Å². The van der Waals surface area contributed by atoms with Crippen LogP contribution in [0.15, 0.2) is 113 Å². The van der Waals surface area contributed by atoms with Gasteiger partial charge >= 0.3 is 0 Å². The molecule has 5 aromatic carbocycles. The summed E-state index contributed by atoms with van der Waals surface area (Å²) in [4.78, 5) is 118. The maximum atomic E-state index is 14.1. The zero-order valence-corrected chi connectivity index (χ0v) is 45.0. The normalized spacial score (nSPS) is 17.1. The quantitative estimate of drug-likeness (QED) is 0.0493. The Balaban J connectivity index is 0.798. The highest BCUT2D eigenvalue weighted by molar-refractivity contribution is 6.16. The molecule has 0 saturated heterocycles. The number of hydrogen-bond donors (Lipinski definition) is 2. The highest BCUT2D eigenvalue weighted by Crippen LogP contribution is 2.42. The van der Waals surface area contributed by atoms with Gasteiger partial charge in [-0.05, 0) is 103 Å². The number of ether oxygens (including phenoxy) is 3. The van der Waals surface area contributed by atoms with Crippen LogP contribution in [0.2, 0.25) is 0 Å². The van der Waals surface area contributed by atoms with E-state index in [0.29, 0.717) is 88.7 Å². The van der Waals surface area contributed by atoms with Crippen molar-refractivity contribution in [2.45, 2.75) is 110 Å². The van der Waals surface area contributed by atoms with Crippen molar-refractivity contribution in [2.24, 2.45) is 15.9 Å². The molecule has 0 fully saturated rings. The summed E-state index contributed by atoms with van der Waals surface area (Å²) in [7, 11) is 1.50. The third kappa shape index (κ3) is 11.7. The van der Waals surface area contributed by atoms with E-state index in [0.717, 1.165) is 33.0 Å². The van der Waals surface area contributed by atoms with Gasteiger partial charge in [-0.15, -0.1) is 0 Å². The first-order valence-electron chi connectivity index (χ1n) is 27.0. The summed E-state index contributed by atoms with van der Waals surface area (Å²) in [5, 5.41) is 5.69. The van der Waals surface area contributed by atoms with Gasteiger partial charge in [0.05, 0.1) is 47.7 Å². The van der Waals surface area contributed by atoms with Gasteiger partial charge in [-0.3, -0.25) is 63.0 Å². The minimum atomic E-state index is -0.870. The topological polar surface area (TPSA) is 223 Å². The van der Waals surface area contributed by atoms with E-state index >= 15 is 0 Å². The number of Topliss-reactive ketones (excluding diaryl/α,β-unsaturated/α-hetero) is 2. The third-order valence-electron chi connectivity index (χ3n) is 15.0. The van der Waals surface area contributed by atoms with Crippen LogP contribution in [0, 0.1) is 12.8 Å². The Morgan fingerprint density at radius 2 is 1.21 bits per heavy atom. The first-order valence-corrected chi connectivity index (χ1v) is 27.0. The van der Waals surface area contributed by atoms with E-state index < -0.39 is 17.9 Å². The molecular formula is C62H61N7O11. The number of nitrogens with zero attached hydrogens (tertiary/aromatic N) is 5. The second-order valence-corrected chi connectivity index (χ2v) is 20.8. The number of imide groups is 1. The molecule has 0 spiro atoms. The van der Waals surface area contributed by atoms with E-state index in [2.05, 4.69) is 10.6 Å². The molecular weight excluding hydrogens is 1020 g/mol. The summed E-state index contributed by atoms with van der Waals surface area (Å²) in [6.45, 7) is 5.27. The van der Waals surface area contributed by atoms with E-state index in [-0.39, 0.29) is 98.6 Å². The average Bonchev–Trinajstić information content (AvgIpc) is 4.18. The molecule has 0 aromatic heterocycles. The average molecular weight is 1080 g/mol. The summed E-state index contributed by atoms with van der Waals surface area (Å²) in [6.07, 6.45) is 8.98. The lowest BCUT2D eigenvalue weighted by atomic mass is 9.99. The molecule has 410 valence electrons. The number of rotatable bonds is 22. The number of amides is 6. The van der Waals surface area contributed by atoms with Crippen LogP contribution in [0.5, 0.6) is 17.2 Å². The van der Waals surface area contributed by atoms with Crippen LogP contribution in [-0.2, 0) is 54.8 Å². The van der Waals surface area contributed by atoms with Crippen molar-refractivity contribution in [3.63, 3.8) is 0 Å². The number of carbonyl (C=O) groups excluding carboxylic acids is 8. The van der Waals surface area contributed by atoms with E-state index in [1.165, 1.54) is 19.3 Å². The van der Waals surface area contributed by atoms with Crippen LogP contribution >= 0.6 is 0 Å². The zero-order valence-electron chi connectivity index (χ0n) is 45.0. The van der Waals surface area contributed by atoms with Gasteiger partial charge in [-0.25, -0.2) is 0 Å². The number of nitrogens with one attached hydrogen (secondary N) is 2. The predicted molar refractivity (Wildman–Crippen MR) is 301 cm³/mol. The fourth-order valence-electron chi connectivity index (χ4n) is 10.8. The molecule has 18 nitrogen and oxygen atoms in total. The Morgan fingerprint density at radius 1 is 0.662 bits per heavy atom. The van der Waals surface area contributed by atoms with Gasteiger partial charge < -0.3 is 24.8 Å². The van der Waals surface area contributed by atoms with Gasteiger partial charge in [-0.2, -0.15) is 0 Å². The summed E-state index contributed by atoms with van der Waals surface area (Å²) in [6, 6.07) is 26.6.